The number of benzene rings is 1. The maximum Gasteiger partial charge on any atom is 0.310 e. The molecule has 0 fully saturated rings. The molecule has 0 aromatic heterocycles. The van der Waals surface area contributed by atoms with Crippen LogP contribution in [-0.2, 0) is 9.53 Å². The molecule has 7 heteroatoms. The number of fused-ring (bicyclic) bond motifs is 1. The standard InChI is InChI=1S/C17H23NO6/c1-5-18-12-9-14(23-4)13(22-3)7-10(12)16(20)11(17(18)21)8-15(19)24-6-2/h7,9,16,20-21H,5-6,8H2,1-4H3. The highest BCUT2D eigenvalue weighted by atomic mass is 16.5. The first-order valence-electron chi connectivity index (χ1n) is 7.77. The number of hydrogen-bond donors (Lipinski definition) is 2. The molecule has 0 saturated carbocycles. The van der Waals surface area contributed by atoms with Crippen molar-refractivity contribution in [1.82, 2.24) is 0 Å². The molecule has 1 aliphatic rings. The number of esters is 1. The number of ether oxygens (including phenoxy) is 3. The fourth-order valence-electron chi connectivity index (χ4n) is 2.80. The Morgan fingerprint density at radius 2 is 1.83 bits per heavy atom. The van der Waals surface area contributed by atoms with Crippen LogP contribution in [0, 0.1) is 0 Å². The summed E-state index contributed by atoms with van der Waals surface area (Å²) >= 11 is 0. The van der Waals surface area contributed by atoms with Crippen molar-refractivity contribution < 1.29 is 29.2 Å². The lowest BCUT2D eigenvalue weighted by Gasteiger charge is -2.34. The summed E-state index contributed by atoms with van der Waals surface area (Å²) in [5.41, 5.74) is 1.34. The van der Waals surface area contributed by atoms with Crippen molar-refractivity contribution in [1.29, 1.82) is 0 Å². The van der Waals surface area contributed by atoms with E-state index in [0.717, 1.165) is 0 Å². The predicted octanol–water partition coefficient (Wildman–Crippen LogP) is 2.30. The third-order valence-corrected chi connectivity index (χ3v) is 3.95. The quantitative estimate of drug-likeness (QED) is 0.770. The van der Waals surface area contributed by atoms with Crippen LogP contribution in [0.2, 0.25) is 0 Å². The Labute approximate surface area is 141 Å². The predicted molar refractivity (Wildman–Crippen MR) is 88.4 cm³/mol. The summed E-state index contributed by atoms with van der Waals surface area (Å²) in [6.07, 6.45) is -1.32. The Balaban J connectivity index is 2.51. The number of rotatable bonds is 6. The Kier molecular flexibility index (Phi) is 5.56. The Bertz CT molecular complexity index is 655. The molecule has 1 atom stereocenters. The molecule has 1 heterocycles. The molecule has 1 unspecified atom stereocenters. The molecule has 132 valence electrons. The second kappa shape index (κ2) is 7.44. The van der Waals surface area contributed by atoms with Gasteiger partial charge in [0, 0.05) is 23.7 Å². The van der Waals surface area contributed by atoms with Crippen molar-refractivity contribution in [2.75, 3.05) is 32.3 Å². The van der Waals surface area contributed by atoms with E-state index in [1.165, 1.54) is 14.2 Å². The van der Waals surface area contributed by atoms with Crippen molar-refractivity contribution in [2.24, 2.45) is 0 Å². The topological polar surface area (TPSA) is 88.5 Å². The van der Waals surface area contributed by atoms with Crippen molar-refractivity contribution in [2.45, 2.75) is 26.4 Å². The Morgan fingerprint density at radius 1 is 1.21 bits per heavy atom. The Hall–Kier alpha value is -2.41. The minimum atomic E-state index is -1.13. The van der Waals surface area contributed by atoms with Crippen LogP contribution in [0.4, 0.5) is 5.69 Å². The fourth-order valence-corrected chi connectivity index (χ4v) is 2.80. The van der Waals surface area contributed by atoms with Crippen LogP contribution < -0.4 is 14.4 Å². The van der Waals surface area contributed by atoms with Gasteiger partial charge in [0.15, 0.2) is 17.4 Å². The van der Waals surface area contributed by atoms with Crippen LogP contribution in [0.15, 0.2) is 23.6 Å². The highest BCUT2D eigenvalue weighted by Gasteiger charge is 2.34. The van der Waals surface area contributed by atoms with Crippen LogP contribution >= 0.6 is 0 Å². The third-order valence-electron chi connectivity index (χ3n) is 3.95. The lowest BCUT2D eigenvalue weighted by Crippen LogP contribution is -2.31. The summed E-state index contributed by atoms with van der Waals surface area (Å²) < 4.78 is 15.5. The van der Waals surface area contributed by atoms with Crippen molar-refractivity contribution in [3.05, 3.63) is 29.2 Å². The van der Waals surface area contributed by atoms with Gasteiger partial charge in [0.2, 0.25) is 0 Å². The van der Waals surface area contributed by atoms with Crippen LogP contribution in [0.25, 0.3) is 0 Å². The zero-order chi connectivity index (χ0) is 17.9. The maximum atomic E-state index is 11.8. The number of methoxy groups -OCH3 is 2. The summed E-state index contributed by atoms with van der Waals surface area (Å²) in [6.45, 7) is 4.25. The molecule has 0 amide bonds. The molecule has 2 rings (SSSR count). The summed E-state index contributed by atoms with van der Waals surface area (Å²) in [7, 11) is 3.02. The molecule has 0 spiro atoms. The van der Waals surface area contributed by atoms with E-state index in [1.807, 2.05) is 6.92 Å². The maximum absolute atomic E-state index is 11.8. The van der Waals surface area contributed by atoms with Gasteiger partial charge in [0.05, 0.1) is 32.9 Å². The van der Waals surface area contributed by atoms with Gasteiger partial charge in [-0.25, -0.2) is 0 Å². The van der Waals surface area contributed by atoms with E-state index in [0.29, 0.717) is 29.3 Å². The number of carbonyl (C=O) groups excluding carboxylic acids is 1. The first-order valence-corrected chi connectivity index (χ1v) is 7.77. The van der Waals surface area contributed by atoms with Gasteiger partial charge >= 0.3 is 5.97 Å². The number of hydrogen-bond acceptors (Lipinski definition) is 7. The van der Waals surface area contributed by atoms with E-state index in [2.05, 4.69) is 0 Å². The largest absolute Gasteiger partial charge is 0.494 e. The van der Waals surface area contributed by atoms with Gasteiger partial charge in [-0.2, -0.15) is 0 Å². The molecular formula is C17H23NO6. The van der Waals surface area contributed by atoms with E-state index in [9.17, 15) is 15.0 Å². The third kappa shape index (κ3) is 3.12. The molecule has 2 N–H and O–H groups in total. The first kappa shape index (κ1) is 17.9. The molecule has 1 aliphatic heterocycles. The molecule has 7 nitrogen and oxygen atoms in total. The van der Waals surface area contributed by atoms with E-state index in [-0.39, 0.29) is 24.5 Å². The minimum absolute atomic E-state index is 0.141. The van der Waals surface area contributed by atoms with Gasteiger partial charge in [-0.05, 0) is 19.9 Å². The molecule has 24 heavy (non-hydrogen) atoms. The highest BCUT2D eigenvalue weighted by Crippen LogP contribution is 2.45. The second-order valence-corrected chi connectivity index (χ2v) is 5.24. The van der Waals surface area contributed by atoms with Crippen LogP contribution in [0.5, 0.6) is 11.5 Å². The van der Waals surface area contributed by atoms with Gasteiger partial charge in [0.1, 0.15) is 6.10 Å². The Morgan fingerprint density at radius 3 is 2.38 bits per heavy atom. The van der Waals surface area contributed by atoms with Gasteiger partial charge in [-0.15, -0.1) is 0 Å². The summed E-state index contributed by atoms with van der Waals surface area (Å²) in [5.74, 6) is 0.308. The minimum Gasteiger partial charge on any atom is -0.494 e. The van der Waals surface area contributed by atoms with E-state index in [4.69, 9.17) is 14.2 Å². The first-order chi connectivity index (χ1) is 11.5. The number of carbonyl (C=O) groups is 1. The van der Waals surface area contributed by atoms with E-state index >= 15 is 0 Å². The SMILES string of the molecule is CCOC(=O)CC1=C(O)N(CC)c2cc(OC)c(OC)cc2C1O. The van der Waals surface area contributed by atoms with Gasteiger partial charge in [-0.3, -0.25) is 4.79 Å². The van der Waals surface area contributed by atoms with Gasteiger partial charge < -0.3 is 29.3 Å². The van der Waals surface area contributed by atoms with Gasteiger partial charge in [0.25, 0.3) is 0 Å². The van der Waals surface area contributed by atoms with E-state index in [1.54, 1.807) is 24.0 Å². The van der Waals surface area contributed by atoms with E-state index < -0.39 is 12.1 Å². The number of aliphatic hydroxyl groups is 2. The monoisotopic (exact) mass is 337 g/mol. The van der Waals surface area contributed by atoms with Gasteiger partial charge in [-0.1, -0.05) is 0 Å². The summed E-state index contributed by atoms with van der Waals surface area (Å²) in [6, 6.07) is 3.34. The molecule has 0 saturated heterocycles. The average molecular weight is 337 g/mol. The van der Waals surface area contributed by atoms with Crippen LogP contribution in [0.3, 0.4) is 0 Å². The number of anilines is 1. The zero-order valence-electron chi connectivity index (χ0n) is 14.3. The van der Waals surface area contributed by atoms with Crippen molar-refractivity contribution in [3.8, 4) is 11.5 Å². The van der Waals surface area contributed by atoms with Crippen molar-refractivity contribution in [3.63, 3.8) is 0 Å². The normalized spacial score (nSPS) is 16.7. The smallest absolute Gasteiger partial charge is 0.310 e. The molecule has 0 bridgehead atoms. The van der Waals surface area contributed by atoms with Crippen LogP contribution in [-0.4, -0.2) is 43.6 Å². The average Bonchev–Trinajstić information content (AvgIpc) is 2.58. The summed E-state index contributed by atoms with van der Waals surface area (Å²) in [4.78, 5) is 13.4. The molecular weight excluding hydrogens is 314 g/mol. The molecule has 1 aromatic carbocycles. The molecule has 0 aliphatic carbocycles. The fraction of sp³-hybridized carbons (Fsp3) is 0.471. The summed E-state index contributed by atoms with van der Waals surface area (Å²) in [5, 5.41) is 21.2. The molecule has 0 radical (unpaired) electrons. The number of nitrogens with zero attached hydrogens (tertiary/aromatic N) is 1. The lowest BCUT2D eigenvalue weighted by atomic mass is 9.93. The van der Waals surface area contributed by atoms with Crippen molar-refractivity contribution >= 4 is 11.7 Å². The second-order valence-electron chi connectivity index (χ2n) is 5.24. The van der Waals surface area contributed by atoms with Crippen LogP contribution in [0.1, 0.15) is 31.9 Å². The number of aliphatic hydroxyl groups excluding tert-OH is 2. The molecule has 1 aromatic rings. The zero-order valence-corrected chi connectivity index (χ0v) is 14.3. The highest BCUT2D eigenvalue weighted by molar-refractivity contribution is 5.76. The lowest BCUT2D eigenvalue weighted by molar-refractivity contribution is -0.142.